The van der Waals surface area contributed by atoms with E-state index >= 15 is 0 Å². The van der Waals surface area contributed by atoms with Crippen molar-refractivity contribution in [3.05, 3.63) is 83.9 Å². The van der Waals surface area contributed by atoms with Crippen molar-refractivity contribution in [2.75, 3.05) is 14.2 Å². The first-order valence-corrected chi connectivity index (χ1v) is 8.30. The Kier molecular flexibility index (Phi) is 5.57. The molecule has 0 aromatic heterocycles. The fourth-order valence-electron chi connectivity index (χ4n) is 2.63. The smallest absolute Gasteiger partial charge is 0.127 e. The summed E-state index contributed by atoms with van der Waals surface area (Å²) in [6.45, 7) is 0. The maximum Gasteiger partial charge on any atom is 0.127 e. The molecule has 0 radical (unpaired) electrons. The van der Waals surface area contributed by atoms with E-state index in [4.69, 9.17) is 14.2 Å². The standard InChI is InChI=1S/C22H22O3/c1-23-19-10-8-17(9-11-19)6-7-18-4-3-5-22(16-18)25-21-14-12-20(24-2)13-15-21/h3-5,8-16H,6-7H2,1-2H3. The highest BCUT2D eigenvalue weighted by atomic mass is 16.5. The van der Waals surface area contributed by atoms with Crippen LogP contribution in [-0.2, 0) is 12.8 Å². The van der Waals surface area contributed by atoms with Crippen LogP contribution in [0.25, 0.3) is 0 Å². The predicted octanol–water partition coefficient (Wildman–Crippen LogP) is 5.28. The second kappa shape index (κ2) is 8.25. The van der Waals surface area contributed by atoms with E-state index in [1.54, 1.807) is 14.2 Å². The molecule has 0 saturated heterocycles. The van der Waals surface area contributed by atoms with E-state index in [9.17, 15) is 0 Å². The number of methoxy groups -OCH3 is 2. The highest BCUT2D eigenvalue weighted by Crippen LogP contribution is 2.25. The van der Waals surface area contributed by atoms with Crippen molar-refractivity contribution in [1.82, 2.24) is 0 Å². The molecule has 0 spiro atoms. The first-order valence-electron chi connectivity index (χ1n) is 8.30. The normalized spacial score (nSPS) is 10.3. The van der Waals surface area contributed by atoms with Crippen molar-refractivity contribution in [3.63, 3.8) is 0 Å². The monoisotopic (exact) mass is 334 g/mol. The number of hydrogen-bond donors (Lipinski definition) is 0. The SMILES string of the molecule is COc1ccc(CCc2cccc(Oc3ccc(OC)cc3)c2)cc1. The van der Waals surface area contributed by atoms with E-state index in [-0.39, 0.29) is 0 Å². The molecule has 0 saturated carbocycles. The van der Waals surface area contributed by atoms with Gasteiger partial charge in [-0.15, -0.1) is 0 Å². The summed E-state index contributed by atoms with van der Waals surface area (Å²) in [5, 5.41) is 0. The van der Waals surface area contributed by atoms with E-state index < -0.39 is 0 Å². The molecule has 3 aromatic carbocycles. The molecule has 3 rings (SSSR count). The first kappa shape index (κ1) is 16.9. The van der Waals surface area contributed by atoms with Crippen LogP contribution in [0.3, 0.4) is 0 Å². The van der Waals surface area contributed by atoms with Crippen LogP contribution in [0, 0.1) is 0 Å². The van der Waals surface area contributed by atoms with Gasteiger partial charge in [-0.3, -0.25) is 0 Å². The largest absolute Gasteiger partial charge is 0.497 e. The molecule has 0 atom stereocenters. The Hall–Kier alpha value is -2.94. The Bertz CT molecular complexity index is 792. The molecule has 0 aliphatic carbocycles. The molecule has 0 aliphatic heterocycles. The third-order valence-corrected chi connectivity index (χ3v) is 4.05. The van der Waals surface area contributed by atoms with Gasteiger partial charge < -0.3 is 14.2 Å². The van der Waals surface area contributed by atoms with Gasteiger partial charge in [0.15, 0.2) is 0 Å². The van der Waals surface area contributed by atoms with Crippen molar-refractivity contribution in [2.45, 2.75) is 12.8 Å². The van der Waals surface area contributed by atoms with Crippen molar-refractivity contribution in [3.8, 4) is 23.0 Å². The minimum atomic E-state index is 0.799. The molecule has 25 heavy (non-hydrogen) atoms. The Morgan fingerprint density at radius 1 is 0.560 bits per heavy atom. The van der Waals surface area contributed by atoms with Gasteiger partial charge in [-0.25, -0.2) is 0 Å². The van der Waals surface area contributed by atoms with Gasteiger partial charge >= 0.3 is 0 Å². The highest BCUT2D eigenvalue weighted by molar-refractivity contribution is 5.37. The van der Waals surface area contributed by atoms with E-state index in [0.29, 0.717) is 0 Å². The molecule has 0 N–H and O–H groups in total. The lowest BCUT2D eigenvalue weighted by Crippen LogP contribution is -1.93. The van der Waals surface area contributed by atoms with Gasteiger partial charge in [-0.1, -0.05) is 24.3 Å². The second-order valence-electron chi connectivity index (χ2n) is 5.77. The minimum absolute atomic E-state index is 0.799. The van der Waals surface area contributed by atoms with E-state index in [1.807, 2.05) is 48.5 Å². The summed E-state index contributed by atoms with van der Waals surface area (Å²) in [7, 11) is 3.34. The van der Waals surface area contributed by atoms with Gasteiger partial charge in [-0.05, 0) is 72.5 Å². The zero-order valence-electron chi connectivity index (χ0n) is 14.6. The number of aryl methyl sites for hydroxylation is 2. The van der Waals surface area contributed by atoms with Gasteiger partial charge in [0, 0.05) is 0 Å². The van der Waals surface area contributed by atoms with Gasteiger partial charge in [0.05, 0.1) is 14.2 Å². The first-order chi connectivity index (χ1) is 12.3. The number of rotatable bonds is 7. The lowest BCUT2D eigenvalue weighted by atomic mass is 10.0. The Labute approximate surface area is 148 Å². The van der Waals surface area contributed by atoms with Gasteiger partial charge in [0.1, 0.15) is 23.0 Å². The van der Waals surface area contributed by atoms with Gasteiger partial charge in [0.2, 0.25) is 0 Å². The molecule has 0 amide bonds. The lowest BCUT2D eigenvalue weighted by Gasteiger charge is -2.09. The van der Waals surface area contributed by atoms with E-state index in [1.165, 1.54) is 11.1 Å². The third-order valence-electron chi connectivity index (χ3n) is 4.05. The van der Waals surface area contributed by atoms with Crippen LogP contribution in [0.2, 0.25) is 0 Å². The third kappa shape index (κ3) is 4.77. The minimum Gasteiger partial charge on any atom is -0.497 e. The zero-order chi connectivity index (χ0) is 17.5. The van der Waals surface area contributed by atoms with Crippen LogP contribution >= 0.6 is 0 Å². The van der Waals surface area contributed by atoms with Crippen LogP contribution in [-0.4, -0.2) is 14.2 Å². The molecular weight excluding hydrogens is 312 g/mol. The summed E-state index contributed by atoms with van der Waals surface area (Å²) in [4.78, 5) is 0. The predicted molar refractivity (Wildman–Crippen MR) is 99.9 cm³/mol. The zero-order valence-corrected chi connectivity index (χ0v) is 14.6. The average molecular weight is 334 g/mol. The molecule has 0 heterocycles. The Balaban J connectivity index is 1.62. The van der Waals surface area contributed by atoms with E-state index in [0.717, 1.165) is 35.8 Å². The highest BCUT2D eigenvalue weighted by Gasteiger charge is 2.02. The maximum atomic E-state index is 5.93. The molecule has 3 heteroatoms. The van der Waals surface area contributed by atoms with Crippen LogP contribution in [0.1, 0.15) is 11.1 Å². The average Bonchev–Trinajstić information content (AvgIpc) is 2.68. The molecule has 3 nitrogen and oxygen atoms in total. The van der Waals surface area contributed by atoms with Gasteiger partial charge in [-0.2, -0.15) is 0 Å². The quantitative estimate of drug-likeness (QED) is 0.588. The second-order valence-corrected chi connectivity index (χ2v) is 5.77. The molecule has 3 aromatic rings. The number of hydrogen-bond acceptors (Lipinski definition) is 3. The lowest BCUT2D eigenvalue weighted by molar-refractivity contribution is 0.413. The maximum absolute atomic E-state index is 5.93. The summed E-state index contributed by atoms with van der Waals surface area (Å²) >= 11 is 0. The Morgan fingerprint density at radius 3 is 1.76 bits per heavy atom. The van der Waals surface area contributed by atoms with Crippen molar-refractivity contribution in [1.29, 1.82) is 0 Å². The van der Waals surface area contributed by atoms with Crippen molar-refractivity contribution in [2.24, 2.45) is 0 Å². The summed E-state index contributed by atoms with van der Waals surface area (Å²) in [5.41, 5.74) is 2.55. The topological polar surface area (TPSA) is 27.7 Å². The fourth-order valence-corrected chi connectivity index (χ4v) is 2.63. The van der Waals surface area contributed by atoms with Gasteiger partial charge in [0.25, 0.3) is 0 Å². The number of benzene rings is 3. The summed E-state index contributed by atoms with van der Waals surface area (Å²) in [5.74, 6) is 3.35. The Morgan fingerprint density at radius 2 is 1.12 bits per heavy atom. The van der Waals surface area contributed by atoms with E-state index in [2.05, 4.69) is 24.3 Å². The summed E-state index contributed by atoms with van der Waals surface area (Å²) in [6.07, 6.45) is 1.95. The molecule has 0 aliphatic rings. The molecule has 0 fully saturated rings. The summed E-state index contributed by atoms with van der Waals surface area (Å²) < 4.78 is 16.3. The van der Waals surface area contributed by atoms with Crippen LogP contribution in [0.4, 0.5) is 0 Å². The fraction of sp³-hybridized carbons (Fsp3) is 0.182. The molecule has 0 bridgehead atoms. The van der Waals surface area contributed by atoms with Crippen LogP contribution < -0.4 is 14.2 Å². The van der Waals surface area contributed by atoms with Crippen LogP contribution in [0.15, 0.2) is 72.8 Å². The molecule has 128 valence electrons. The summed E-state index contributed by atoms with van der Waals surface area (Å²) in [6, 6.07) is 24.0. The van der Waals surface area contributed by atoms with Crippen molar-refractivity contribution >= 4 is 0 Å². The molecular formula is C22H22O3. The van der Waals surface area contributed by atoms with Crippen molar-refractivity contribution < 1.29 is 14.2 Å². The molecule has 0 unspecified atom stereocenters. The number of ether oxygens (including phenoxy) is 3. The van der Waals surface area contributed by atoms with Crippen LogP contribution in [0.5, 0.6) is 23.0 Å².